The summed E-state index contributed by atoms with van der Waals surface area (Å²) in [5.74, 6) is 1.25. The molecule has 0 aliphatic carbocycles. The van der Waals surface area contributed by atoms with Crippen LogP contribution in [0.5, 0.6) is 0 Å². The fraction of sp³-hybridized carbons (Fsp3) is 0.250. The first kappa shape index (κ1) is 11.7. The van der Waals surface area contributed by atoms with Crippen molar-refractivity contribution in [2.45, 2.75) is 6.42 Å². The van der Waals surface area contributed by atoms with Crippen LogP contribution in [0.25, 0.3) is 0 Å². The average molecular weight is 248 g/mol. The molecule has 0 atom stereocenters. The molecule has 2 heterocycles. The number of nitrogens with zero attached hydrogens (tertiary/aromatic N) is 2. The minimum Gasteiger partial charge on any atom is -0.396 e. The van der Waals surface area contributed by atoms with Crippen LogP contribution in [0.3, 0.4) is 0 Å². The molecule has 17 heavy (non-hydrogen) atoms. The third kappa shape index (κ3) is 2.88. The number of aromatic nitrogens is 1. The van der Waals surface area contributed by atoms with Gasteiger partial charge in [0.15, 0.2) is 0 Å². The second kappa shape index (κ2) is 5.05. The number of rotatable bonds is 4. The van der Waals surface area contributed by atoms with Gasteiger partial charge in [0.2, 0.25) is 0 Å². The minimum absolute atomic E-state index is 0.394. The van der Waals surface area contributed by atoms with Gasteiger partial charge in [-0.15, -0.1) is 11.3 Å². The van der Waals surface area contributed by atoms with Gasteiger partial charge >= 0.3 is 0 Å². The highest BCUT2D eigenvalue weighted by Gasteiger charge is 2.05. The van der Waals surface area contributed by atoms with Gasteiger partial charge in [0.1, 0.15) is 11.6 Å². The fourth-order valence-corrected chi connectivity index (χ4v) is 2.23. The smallest absolute Gasteiger partial charge is 0.149 e. The number of thiophene rings is 1. The predicted molar refractivity (Wildman–Crippen MR) is 74.4 cm³/mol. The van der Waals surface area contributed by atoms with E-state index in [1.165, 1.54) is 4.88 Å². The maximum atomic E-state index is 5.69. The summed E-state index contributed by atoms with van der Waals surface area (Å²) in [7, 11) is 2.01. The zero-order valence-electron chi connectivity index (χ0n) is 9.76. The number of nitrogens with two attached hydrogens (primary N) is 2. The molecule has 0 aliphatic rings. The Hall–Kier alpha value is -1.75. The molecule has 0 spiro atoms. The molecule has 90 valence electrons. The van der Waals surface area contributed by atoms with Crippen molar-refractivity contribution in [1.82, 2.24) is 4.98 Å². The lowest BCUT2D eigenvalue weighted by molar-refractivity contribution is 0.870. The maximum absolute atomic E-state index is 5.69. The van der Waals surface area contributed by atoms with Crippen LogP contribution in [0.15, 0.2) is 29.6 Å². The number of likely N-dealkylation sites (N-methyl/N-ethyl adjacent to an activating group) is 1. The summed E-state index contributed by atoms with van der Waals surface area (Å²) >= 11 is 1.77. The van der Waals surface area contributed by atoms with E-state index in [4.69, 9.17) is 11.5 Å². The monoisotopic (exact) mass is 248 g/mol. The first-order chi connectivity index (χ1) is 8.16. The summed E-state index contributed by atoms with van der Waals surface area (Å²) in [6, 6.07) is 7.89. The molecule has 5 heteroatoms. The van der Waals surface area contributed by atoms with E-state index >= 15 is 0 Å². The van der Waals surface area contributed by atoms with E-state index in [-0.39, 0.29) is 0 Å². The van der Waals surface area contributed by atoms with Crippen LogP contribution in [0.4, 0.5) is 17.3 Å². The lowest BCUT2D eigenvalue weighted by Crippen LogP contribution is -2.21. The summed E-state index contributed by atoms with van der Waals surface area (Å²) in [5.41, 5.74) is 11.9. The van der Waals surface area contributed by atoms with Crippen molar-refractivity contribution in [1.29, 1.82) is 0 Å². The zero-order chi connectivity index (χ0) is 12.3. The standard InChI is InChI=1S/C12H16N4S/c1-16(7-6-9-3-2-8-17-9)11-5-4-10(13)12(14)15-11/h2-5,8H,6-7,13H2,1H3,(H2,14,15). The molecule has 2 aromatic rings. The molecule has 0 saturated heterocycles. The number of nitrogen functional groups attached to an aromatic ring is 2. The first-order valence-electron chi connectivity index (χ1n) is 5.42. The van der Waals surface area contributed by atoms with Crippen LogP contribution in [-0.2, 0) is 6.42 Å². The number of pyridine rings is 1. The first-order valence-corrected chi connectivity index (χ1v) is 6.30. The third-order valence-electron chi connectivity index (χ3n) is 2.61. The van der Waals surface area contributed by atoms with E-state index in [2.05, 4.69) is 27.4 Å². The van der Waals surface area contributed by atoms with Gasteiger partial charge in [0.25, 0.3) is 0 Å². The van der Waals surface area contributed by atoms with E-state index in [0.29, 0.717) is 11.5 Å². The SMILES string of the molecule is CN(CCc1cccs1)c1ccc(N)c(N)n1. The molecule has 0 saturated carbocycles. The highest BCUT2D eigenvalue weighted by molar-refractivity contribution is 7.09. The highest BCUT2D eigenvalue weighted by Crippen LogP contribution is 2.18. The van der Waals surface area contributed by atoms with Gasteiger partial charge in [-0.1, -0.05) is 6.07 Å². The van der Waals surface area contributed by atoms with Crippen molar-refractivity contribution < 1.29 is 0 Å². The van der Waals surface area contributed by atoms with Crippen LogP contribution in [-0.4, -0.2) is 18.6 Å². The van der Waals surface area contributed by atoms with Crippen molar-refractivity contribution in [2.75, 3.05) is 30.0 Å². The molecule has 0 aromatic carbocycles. The molecule has 0 radical (unpaired) electrons. The Morgan fingerprint density at radius 1 is 1.29 bits per heavy atom. The molecule has 4 nitrogen and oxygen atoms in total. The van der Waals surface area contributed by atoms with Gasteiger partial charge in [-0.25, -0.2) is 4.98 Å². The van der Waals surface area contributed by atoms with Crippen molar-refractivity contribution in [3.05, 3.63) is 34.5 Å². The lowest BCUT2D eigenvalue weighted by Gasteiger charge is -2.18. The predicted octanol–water partition coefficient (Wildman–Crippen LogP) is 1.99. The Morgan fingerprint density at radius 2 is 2.12 bits per heavy atom. The number of anilines is 3. The molecule has 4 N–H and O–H groups in total. The zero-order valence-corrected chi connectivity index (χ0v) is 10.6. The molecule has 0 fully saturated rings. The van der Waals surface area contributed by atoms with Crippen molar-refractivity contribution in [2.24, 2.45) is 0 Å². The van der Waals surface area contributed by atoms with Gasteiger partial charge in [0, 0.05) is 18.5 Å². The van der Waals surface area contributed by atoms with Crippen LogP contribution >= 0.6 is 11.3 Å². The summed E-state index contributed by atoms with van der Waals surface area (Å²) < 4.78 is 0. The maximum Gasteiger partial charge on any atom is 0.149 e. The van der Waals surface area contributed by atoms with E-state index < -0.39 is 0 Å². The van der Waals surface area contributed by atoms with Crippen LogP contribution < -0.4 is 16.4 Å². The van der Waals surface area contributed by atoms with Gasteiger partial charge in [-0.3, -0.25) is 0 Å². The molecule has 2 aromatic heterocycles. The molecule has 2 rings (SSSR count). The number of hydrogen-bond donors (Lipinski definition) is 2. The minimum atomic E-state index is 0.394. The topological polar surface area (TPSA) is 68.2 Å². The second-order valence-corrected chi connectivity index (χ2v) is 4.93. The molecule has 0 amide bonds. The lowest BCUT2D eigenvalue weighted by atomic mass is 10.3. The van der Waals surface area contributed by atoms with E-state index in [1.807, 2.05) is 13.1 Å². The molecular weight excluding hydrogens is 232 g/mol. The van der Waals surface area contributed by atoms with Crippen LogP contribution in [0, 0.1) is 0 Å². The Morgan fingerprint density at radius 3 is 2.76 bits per heavy atom. The summed E-state index contributed by atoms with van der Waals surface area (Å²) in [6.45, 7) is 0.914. The Bertz CT molecular complexity index is 481. The van der Waals surface area contributed by atoms with Crippen molar-refractivity contribution in [3.63, 3.8) is 0 Å². The van der Waals surface area contributed by atoms with E-state index in [1.54, 1.807) is 17.4 Å². The van der Waals surface area contributed by atoms with Gasteiger partial charge in [-0.2, -0.15) is 0 Å². The Balaban J connectivity index is 1.99. The quantitative estimate of drug-likeness (QED) is 0.868. The summed E-state index contributed by atoms with van der Waals surface area (Å²) in [5, 5.41) is 2.09. The number of hydrogen-bond acceptors (Lipinski definition) is 5. The summed E-state index contributed by atoms with van der Waals surface area (Å²) in [6.07, 6.45) is 1.01. The summed E-state index contributed by atoms with van der Waals surface area (Å²) in [4.78, 5) is 7.71. The highest BCUT2D eigenvalue weighted by atomic mass is 32.1. The van der Waals surface area contributed by atoms with Crippen LogP contribution in [0.1, 0.15) is 4.88 Å². The van der Waals surface area contributed by atoms with Gasteiger partial charge in [-0.05, 0) is 30.0 Å². The Labute approximate surface area is 105 Å². The molecule has 0 aliphatic heterocycles. The largest absolute Gasteiger partial charge is 0.396 e. The van der Waals surface area contributed by atoms with Gasteiger partial charge < -0.3 is 16.4 Å². The fourth-order valence-electron chi connectivity index (χ4n) is 1.53. The normalized spacial score (nSPS) is 10.4. The van der Waals surface area contributed by atoms with Crippen LogP contribution in [0.2, 0.25) is 0 Å². The third-order valence-corrected chi connectivity index (χ3v) is 3.54. The average Bonchev–Trinajstić information content (AvgIpc) is 2.82. The van der Waals surface area contributed by atoms with Crippen molar-refractivity contribution in [3.8, 4) is 0 Å². The van der Waals surface area contributed by atoms with Crippen molar-refractivity contribution >= 4 is 28.7 Å². The second-order valence-electron chi connectivity index (χ2n) is 3.89. The Kier molecular flexibility index (Phi) is 3.49. The molecular formula is C12H16N4S. The molecule has 0 bridgehead atoms. The molecule has 0 unspecified atom stereocenters. The van der Waals surface area contributed by atoms with Gasteiger partial charge in [0.05, 0.1) is 5.69 Å². The van der Waals surface area contributed by atoms with E-state index in [0.717, 1.165) is 18.8 Å². The van der Waals surface area contributed by atoms with E-state index in [9.17, 15) is 0 Å².